The summed E-state index contributed by atoms with van der Waals surface area (Å²) in [6, 6.07) is 9.91. The van der Waals surface area contributed by atoms with E-state index in [1.54, 1.807) is 48.8 Å². The van der Waals surface area contributed by atoms with Gasteiger partial charge in [0.2, 0.25) is 5.91 Å². The lowest BCUT2D eigenvalue weighted by molar-refractivity contribution is -0.114. The van der Waals surface area contributed by atoms with Gasteiger partial charge in [-0.1, -0.05) is 6.07 Å². The van der Waals surface area contributed by atoms with Crippen molar-refractivity contribution in [1.29, 1.82) is 0 Å². The number of hydrogen-bond acceptors (Lipinski definition) is 3. The second-order valence-electron chi connectivity index (χ2n) is 4.08. The van der Waals surface area contributed by atoms with E-state index in [0.29, 0.717) is 17.1 Å². The fraction of sp³-hybridized carbons (Fsp3) is 0.0714. The molecule has 3 amide bonds. The first-order valence-corrected chi connectivity index (χ1v) is 5.99. The molecular weight excluding hydrogens is 256 g/mol. The Morgan fingerprint density at radius 3 is 2.15 bits per heavy atom. The van der Waals surface area contributed by atoms with Gasteiger partial charge in [-0.25, -0.2) is 4.79 Å². The molecule has 6 heteroatoms. The average molecular weight is 270 g/mol. The highest BCUT2D eigenvalue weighted by atomic mass is 16.2. The van der Waals surface area contributed by atoms with Gasteiger partial charge in [-0.15, -0.1) is 0 Å². The van der Waals surface area contributed by atoms with Crippen molar-refractivity contribution in [3.05, 3.63) is 48.8 Å². The smallest absolute Gasteiger partial charge is 0.323 e. The van der Waals surface area contributed by atoms with Gasteiger partial charge in [-0.05, 0) is 30.3 Å². The standard InChI is InChI=1S/C14H14N4O2/c1-10(19)16-12-3-2-4-13(9-12)18-14(20)17-11-5-7-15-8-6-11/h2-9H,1H3,(H,16,19)(H2,15,17,18,20). The van der Waals surface area contributed by atoms with Crippen LogP contribution >= 0.6 is 0 Å². The minimum atomic E-state index is -0.365. The molecule has 0 unspecified atom stereocenters. The van der Waals surface area contributed by atoms with E-state index in [4.69, 9.17) is 0 Å². The Morgan fingerprint density at radius 2 is 1.50 bits per heavy atom. The second kappa shape index (κ2) is 6.33. The molecular formula is C14H14N4O2. The van der Waals surface area contributed by atoms with Crippen molar-refractivity contribution in [1.82, 2.24) is 4.98 Å². The number of pyridine rings is 1. The summed E-state index contributed by atoms with van der Waals surface area (Å²) in [6.45, 7) is 1.43. The number of nitrogens with zero attached hydrogens (tertiary/aromatic N) is 1. The molecule has 0 fully saturated rings. The van der Waals surface area contributed by atoms with Gasteiger partial charge in [0.05, 0.1) is 0 Å². The first-order valence-electron chi connectivity index (χ1n) is 5.99. The number of amides is 3. The maximum atomic E-state index is 11.8. The predicted molar refractivity (Wildman–Crippen MR) is 77.6 cm³/mol. The van der Waals surface area contributed by atoms with E-state index in [1.807, 2.05) is 0 Å². The third kappa shape index (κ3) is 4.09. The van der Waals surface area contributed by atoms with Crippen LogP contribution in [0.25, 0.3) is 0 Å². The van der Waals surface area contributed by atoms with Gasteiger partial charge in [0.25, 0.3) is 0 Å². The molecule has 0 aliphatic rings. The highest BCUT2D eigenvalue weighted by Gasteiger charge is 2.03. The van der Waals surface area contributed by atoms with E-state index in [-0.39, 0.29) is 11.9 Å². The minimum absolute atomic E-state index is 0.164. The van der Waals surface area contributed by atoms with Crippen LogP contribution in [0.3, 0.4) is 0 Å². The van der Waals surface area contributed by atoms with Crippen LogP contribution in [-0.4, -0.2) is 16.9 Å². The lowest BCUT2D eigenvalue weighted by atomic mass is 10.2. The number of rotatable bonds is 3. The molecule has 1 heterocycles. The van der Waals surface area contributed by atoms with Crippen molar-refractivity contribution in [3.8, 4) is 0 Å². The number of anilines is 3. The molecule has 0 saturated carbocycles. The number of urea groups is 1. The summed E-state index contributed by atoms with van der Waals surface area (Å²) in [5.41, 5.74) is 1.86. The lowest BCUT2D eigenvalue weighted by Crippen LogP contribution is -2.19. The first kappa shape index (κ1) is 13.5. The molecule has 0 atom stereocenters. The molecule has 2 aromatic rings. The van der Waals surface area contributed by atoms with E-state index in [0.717, 1.165) is 0 Å². The maximum Gasteiger partial charge on any atom is 0.323 e. The van der Waals surface area contributed by atoms with E-state index < -0.39 is 0 Å². The van der Waals surface area contributed by atoms with E-state index in [1.165, 1.54) is 6.92 Å². The zero-order valence-electron chi connectivity index (χ0n) is 10.9. The summed E-state index contributed by atoms with van der Waals surface area (Å²) < 4.78 is 0. The summed E-state index contributed by atoms with van der Waals surface area (Å²) >= 11 is 0. The maximum absolute atomic E-state index is 11.8. The van der Waals surface area contributed by atoms with Crippen LogP contribution in [0.5, 0.6) is 0 Å². The molecule has 2 rings (SSSR count). The van der Waals surface area contributed by atoms with Crippen LogP contribution in [0.15, 0.2) is 48.8 Å². The number of carbonyl (C=O) groups is 2. The molecule has 0 spiro atoms. The molecule has 1 aromatic heterocycles. The Balaban J connectivity index is 1.99. The van der Waals surface area contributed by atoms with Gasteiger partial charge >= 0.3 is 6.03 Å². The second-order valence-corrected chi connectivity index (χ2v) is 4.08. The monoisotopic (exact) mass is 270 g/mol. The quantitative estimate of drug-likeness (QED) is 0.801. The molecule has 102 valence electrons. The number of benzene rings is 1. The number of carbonyl (C=O) groups excluding carboxylic acids is 2. The molecule has 0 aliphatic carbocycles. The van der Waals surface area contributed by atoms with Gasteiger partial charge in [0, 0.05) is 36.4 Å². The largest absolute Gasteiger partial charge is 0.326 e. The van der Waals surface area contributed by atoms with Gasteiger partial charge in [0.1, 0.15) is 0 Å². The summed E-state index contributed by atoms with van der Waals surface area (Å²) in [5, 5.41) is 8.00. The summed E-state index contributed by atoms with van der Waals surface area (Å²) in [5.74, 6) is -0.164. The highest BCUT2D eigenvalue weighted by molar-refractivity contribution is 6.00. The van der Waals surface area contributed by atoms with Gasteiger partial charge < -0.3 is 16.0 Å². The van der Waals surface area contributed by atoms with Crippen molar-refractivity contribution in [3.63, 3.8) is 0 Å². The van der Waals surface area contributed by atoms with Crippen LogP contribution in [-0.2, 0) is 4.79 Å². The van der Waals surface area contributed by atoms with Crippen LogP contribution in [0.1, 0.15) is 6.92 Å². The topological polar surface area (TPSA) is 83.1 Å². The van der Waals surface area contributed by atoms with Crippen molar-refractivity contribution in [2.75, 3.05) is 16.0 Å². The van der Waals surface area contributed by atoms with Gasteiger partial charge in [0.15, 0.2) is 0 Å². The molecule has 0 bridgehead atoms. The number of hydrogen-bond donors (Lipinski definition) is 3. The summed E-state index contributed by atoms with van der Waals surface area (Å²) in [6.07, 6.45) is 3.18. The van der Waals surface area contributed by atoms with Crippen LogP contribution < -0.4 is 16.0 Å². The zero-order chi connectivity index (χ0) is 14.4. The molecule has 3 N–H and O–H groups in total. The van der Waals surface area contributed by atoms with Crippen molar-refractivity contribution in [2.24, 2.45) is 0 Å². The van der Waals surface area contributed by atoms with E-state index in [2.05, 4.69) is 20.9 Å². The molecule has 1 aromatic carbocycles. The molecule has 0 saturated heterocycles. The van der Waals surface area contributed by atoms with Crippen molar-refractivity contribution in [2.45, 2.75) is 6.92 Å². The Bertz CT molecular complexity index is 614. The normalized spacial score (nSPS) is 9.65. The van der Waals surface area contributed by atoms with Crippen molar-refractivity contribution >= 4 is 29.0 Å². The Labute approximate surface area is 116 Å². The van der Waals surface area contributed by atoms with Gasteiger partial charge in [-0.3, -0.25) is 9.78 Å². The molecule has 0 aliphatic heterocycles. The average Bonchev–Trinajstić information content (AvgIpc) is 2.39. The number of aromatic nitrogens is 1. The number of nitrogens with one attached hydrogen (secondary N) is 3. The van der Waals surface area contributed by atoms with Crippen molar-refractivity contribution < 1.29 is 9.59 Å². The fourth-order valence-electron chi connectivity index (χ4n) is 1.61. The third-order valence-corrected chi connectivity index (χ3v) is 2.38. The zero-order valence-corrected chi connectivity index (χ0v) is 10.9. The van der Waals surface area contributed by atoms with Crippen LogP contribution in [0.4, 0.5) is 21.9 Å². The SMILES string of the molecule is CC(=O)Nc1cccc(NC(=O)Nc2ccncc2)c1. The Hall–Kier alpha value is -2.89. The highest BCUT2D eigenvalue weighted by Crippen LogP contribution is 2.15. The molecule has 6 nitrogen and oxygen atoms in total. The van der Waals surface area contributed by atoms with Crippen LogP contribution in [0.2, 0.25) is 0 Å². The third-order valence-electron chi connectivity index (χ3n) is 2.38. The molecule has 0 radical (unpaired) electrons. The minimum Gasteiger partial charge on any atom is -0.326 e. The summed E-state index contributed by atoms with van der Waals surface area (Å²) in [4.78, 5) is 26.6. The molecule has 20 heavy (non-hydrogen) atoms. The van der Waals surface area contributed by atoms with Crippen LogP contribution in [0, 0.1) is 0 Å². The fourth-order valence-corrected chi connectivity index (χ4v) is 1.61. The Kier molecular flexibility index (Phi) is 4.28. The first-order chi connectivity index (χ1) is 9.63. The summed E-state index contributed by atoms with van der Waals surface area (Å²) in [7, 11) is 0. The Morgan fingerprint density at radius 1 is 0.900 bits per heavy atom. The van der Waals surface area contributed by atoms with E-state index in [9.17, 15) is 9.59 Å². The van der Waals surface area contributed by atoms with Gasteiger partial charge in [-0.2, -0.15) is 0 Å². The predicted octanol–water partition coefficient (Wildman–Crippen LogP) is 2.68. The lowest BCUT2D eigenvalue weighted by Gasteiger charge is -2.09. The van der Waals surface area contributed by atoms with E-state index >= 15 is 0 Å².